The fourth-order valence-corrected chi connectivity index (χ4v) is 1.47. The summed E-state index contributed by atoms with van der Waals surface area (Å²) in [5, 5.41) is 6.85. The van der Waals surface area contributed by atoms with Crippen LogP contribution in [0.3, 0.4) is 0 Å². The van der Waals surface area contributed by atoms with Gasteiger partial charge in [0.15, 0.2) is 11.5 Å². The van der Waals surface area contributed by atoms with Crippen LogP contribution in [0, 0.1) is 5.92 Å². The molecule has 1 fully saturated rings. The lowest BCUT2D eigenvalue weighted by Gasteiger charge is -1.96. The first-order valence-electron chi connectivity index (χ1n) is 4.94. The maximum absolute atomic E-state index is 11.5. The van der Waals surface area contributed by atoms with Gasteiger partial charge < -0.3 is 5.32 Å². The number of hydrogen-bond donors (Lipinski definition) is 1. The van der Waals surface area contributed by atoms with E-state index in [1.54, 1.807) is 16.9 Å². The van der Waals surface area contributed by atoms with E-state index in [9.17, 15) is 4.79 Å². The molecule has 1 N–H and O–H groups in total. The first kappa shape index (κ1) is 8.40. The molecule has 76 valence electrons. The van der Waals surface area contributed by atoms with E-state index < -0.39 is 0 Å². The molecule has 15 heavy (non-hydrogen) atoms. The third-order valence-electron chi connectivity index (χ3n) is 2.44. The summed E-state index contributed by atoms with van der Waals surface area (Å²) in [5.41, 5.74) is 0.739. The maximum Gasteiger partial charge on any atom is 0.228 e. The number of nitrogens with zero attached hydrogens (tertiary/aromatic N) is 3. The third kappa shape index (κ3) is 1.56. The highest BCUT2D eigenvalue weighted by Crippen LogP contribution is 2.29. The van der Waals surface area contributed by atoms with E-state index in [1.807, 2.05) is 12.1 Å². The van der Waals surface area contributed by atoms with Crippen molar-refractivity contribution >= 4 is 17.4 Å². The van der Waals surface area contributed by atoms with Crippen molar-refractivity contribution in [2.75, 3.05) is 5.32 Å². The first-order valence-corrected chi connectivity index (χ1v) is 4.94. The predicted molar refractivity (Wildman–Crippen MR) is 54.3 cm³/mol. The van der Waals surface area contributed by atoms with Gasteiger partial charge >= 0.3 is 0 Å². The van der Waals surface area contributed by atoms with Crippen molar-refractivity contribution < 1.29 is 4.79 Å². The van der Waals surface area contributed by atoms with Crippen molar-refractivity contribution in [3.05, 3.63) is 24.5 Å². The van der Waals surface area contributed by atoms with Gasteiger partial charge in [-0.25, -0.2) is 9.50 Å². The minimum Gasteiger partial charge on any atom is -0.309 e. The van der Waals surface area contributed by atoms with Crippen molar-refractivity contribution in [1.29, 1.82) is 0 Å². The van der Waals surface area contributed by atoms with Crippen molar-refractivity contribution in [3.63, 3.8) is 0 Å². The van der Waals surface area contributed by atoms with Crippen LogP contribution in [0.15, 0.2) is 24.5 Å². The van der Waals surface area contributed by atoms with Crippen molar-refractivity contribution in [2.45, 2.75) is 12.8 Å². The molecule has 0 atom stereocenters. The Labute approximate surface area is 86.1 Å². The van der Waals surface area contributed by atoms with Gasteiger partial charge in [0.25, 0.3) is 0 Å². The Hall–Kier alpha value is -1.91. The number of hydrogen-bond acceptors (Lipinski definition) is 3. The maximum atomic E-state index is 11.5. The summed E-state index contributed by atoms with van der Waals surface area (Å²) < 4.78 is 1.64. The van der Waals surface area contributed by atoms with E-state index in [4.69, 9.17) is 0 Å². The number of fused-ring (bicyclic) bond motifs is 1. The molecule has 0 saturated heterocycles. The van der Waals surface area contributed by atoms with Crippen LogP contribution in [0.5, 0.6) is 0 Å². The van der Waals surface area contributed by atoms with E-state index in [2.05, 4.69) is 15.4 Å². The van der Waals surface area contributed by atoms with Crippen molar-refractivity contribution in [3.8, 4) is 0 Å². The lowest BCUT2D eigenvalue weighted by atomic mass is 10.4. The molecule has 1 aliphatic carbocycles. The van der Waals surface area contributed by atoms with Crippen LogP contribution < -0.4 is 5.32 Å². The topological polar surface area (TPSA) is 59.3 Å². The first-order chi connectivity index (χ1) is 7.33. The Kier molecular flexibility index (Phi) is 1.71. The van der Waals surface area contributed by atoms with Gasteiger partial charge in [-0.2, -0.15) is 5.10 Å². The quantitative estimate of drug-likeness (QED) is 0.792. The van der Waals surface area contributed by atoms with Crippen LogP contribution in [-0.4, -0.2) is 20.5 Å². The molecule has 2 aromatic heterocycles. The highest BCUT2D eigenvalue weighted by molar-refractivity contribution is 5.93. The molecule has 5 nitrogen and oxygen atoms in total. The van der Waals surface area contributed by atoms with Crippen molar-refractivity contribution in [2.24, 2.45) is 5.92 Å². The fourth-order valence-electron chi connectivity index (χ4n) is 1.47. The zero-order valence-corrected chi connectivity index (χ0v) is 8.05. The van der Waals surface area contributed by atoms with E-state index >= 15 is 0 Å². The molecule has 1 aliphatic rings. The molecule has 0 aliphatic heterocycles. The molecule has 1 amide bonds. The molecule has 0 spiro atoms. The number of carbonyl (C=O) groups excluding carboxylic acids is 1. The molecule has 5 heteroatoms. The van der Waals surface area contributed by atoms with Crippen LogP contribution in [0.1, 0.15) is 12.8 Å². The van der Waals surface area contributed by atoms with Crippen LogP contribution in [0.25, 0.3) is 5.65 Å². The highest BCUT2D eigenvalue weighted by atomic mass is 16.2. The monoisotopic (exact) mass is 202 g/mol. The fraction of sp³-hybridized carbons (Fsp3) is 0.300. The summed E-state index contributed by atoms with van der Waals surface area (Å²) in [7, 11) is 0. The van der Waals surface area contributed by atoms with Crippen LogP contribution in [0.2, 0.25) is 0 Å². The van der Waals surface area contributed by atoms with Gasteiger partial charge in [-0.1, -0.05) is 0 Å². The molecule has 0 radical (unpaired) electrons. The summed E-state index contributed by atoms with van der Waals surface area (Å²) >= 11 is 0. The van der Waals surface area contributed by atoms with E-state index in [0.717, 1.165) is 18.5 Å². The van der Waals surface area contributed by atoms with Gasteiger partial charge in [-0.05, 0) is 25.0 Å². The summed E-state index contributed by atoms with van der Waals surface area (Å²) in [6, 6.07) is 3.66. The van der Waals surface area contributed by atoms with Gasteiger partial charge in [0.05, 0.1) is 6.20 Å². The molecule has 2 heterocycles. The number of nitrogens with one attached hydrogen (secondary N) is 1. The van der Waals surface area contributed by atoms with Crippen LogP contribution >= 0.6 is 0 Å². The zero-order valence-electron chi connectivity index (χ0n) is 8.05. The number of carbonyl (C=O) groups is 1. The Morgan fingerprint density at radius 3 is 3.13 bits per heavy atom. The summed E-state index contributed by atoms with van der Waals surface area (Å²) in [4.78, 5) is 15.7. The Bertz CT molecular complexity index is 482. The number of aromatic nitrogens is 3. The van der Waals surface area contributed by atoms with Gasteiger partial charge in [0.1, 0.15) is 0 Å². The molecule has 0 unspecified atom stereocenters. The average molecular weight is 202 g/mol. The Morgan fingerprint density at radius 2 is 2.40 bits per heavy atom. The van der Waals surface area contributed by atoms with Gasteiger partial charge in [0.2, 0.25) is 5.91 Å². The second-order valence-electron chi connectivity index (χ2n) is 3.72. The third-order valence-corrected chi connectivity index (χ3v) is 2.44. The van der Waals surface area contributed by atoms with Crippen molar-refractivity contribution in [1.82, 2.24) is 14.6 Å². The van der Waals surface area contributed by atoms with Crippen LogP contribution in [-0.2, 0) is 4.79 Å². The largest absolute Gasteiger partial charge is 0.309 e. The van der Waals surface area contributed by atoms with E-state index in [-0.39, 0.29) is 11.8 Å². The molecular formula is C10H10N4O. The standard InChI is InChI=1S/C10H10N4O/c15-10(7-3-4-7)13-8-6-14-9(12-8)2-1-5-11-14/h1-2,5-7H,3-4H2,(H,13,15). The molecule has 2 aromatic rings. The lowest BCUT2D eigenvalue weighted by Crippen LogP contribution is -2.13. The second kappa shape index (κ2) is 3.05. The predicted octanol–water partition coefficient (Wildman–Crippen LogP) is 1.08. The van der Waals surface area contributed by atoms with Gasteiger partial charge in [0, 0.05) is 12.1 Å². The normalized spacial score (nSPS) is 15.5. The van der Waals surface area contributed by atoms with Gasteiger partial charge in [-0.15, -0.1) is 0 Å². The number of amides is 1. The smallest absolute Gasteiger partial charge is 0.228 e. The second-order valence-corrected chi connectivity index (χ2v) is 3.72. The summed E-state index contributed by atoms with van der Waals surface area (Å²) in [5.74, 6) is 0.840. The van der Waals surface area contributed by atoms with Crippen LogP contribution in [0.4, 0.5) is 5.82 Å². The molecule has 1 saturated carbocycles. The molecule has 3 rings (SSSR count). The SMILES string of the molecule is O=C(Nc1cn2ncccc2n1)C1CC1. The Morgan fingerprint density at radius 1 is 1.53 bits per heavy atom. The molecule has 0 bridgehead atoms. The van der Waals surface area contributed by atoms with E-state index in [0.29, 0.717) is 5.82 Å². The minimum atomic E-state index is 0.0680. The average Bonchev–Trinajstić information content (AvgIpc) is 2.99. The Balaban J connectivity index is 1.87. The highest BCUT2D eigenvalue weighted by Gasteiger charge is 2.29. The minimum absolute atomic E-state index is 0.0680. The van der Waals surface area contributed by atoms with Gasteiger partial charge in [-0.3, -0.25) is 4.79 Å². The molecular weight excluding hydrogens is 192 g/mol. The lowest BCUT2D eigenvalue weighted by molar-refractivity contribution is -0.117. The summed E-state index contributed by atoms with van der Waals surface area (Å²) in [6.07, 6.45) is 5.39. The zero-order chi connectivity index (χ0) is 10.3. The number of rotatable bonds is 2. The summed E-state index contributed by atoms with van der Waals surface area (Å²) in [6.45, 7) is 0. The number of anilines is 1. The number of imidazole rings is 1. The molecule has 0 aromatic carbocycles. The van der Waals surface area contributed by atoms with E-state index in [1.165, 1.54) is 0 Å².